The Kier molecular flexibility index (Phi) is 13.0. The fraction of sp³-hybridized carbons (Fsp3) is 0.875. The van der Waals surface area contributed by atoms with Crippen molar-refractivity contribution in [1.82, 2.24) is 5.32 Å². The molecule has 0 saturated carbocycles. The van der Waals surface area contributed by atoms with Crippen LogP contribution in [0.5, 0.6) is 0 Å². The number of hydrogen-bond donors (Lipinski definition) is 1. The van der Waals surface area contributed by atoms with Gasteiger partial charge in [-0.3, -0.25) is 4.79 Å². The second-order valence-corrected chi connectivity index (χ2v) is 5.48. The number of Topliss-reactive ketones (excluding diaryl/α,β-unsaturated/α-hetero) is 1. The fourth-order valence-electron chi connectivity index (χ4n) is 1.70. The van der Waals surface area contributed by atoms with Gasteiger partial charge in [0.25, 0.3) is 0 Å². The van der Waals surface area contributed by atoms with Gasteiger partial charge in [-0.05, 0) is 33.7 Å². The minimum Gasteiger partial charge on any atom is -0.381 e. The molecule has 1 aliphatic heterocycles. The molecule has 1 aliphatic rings. The molecule has 0 spiro atoms. The monoisotopic (exact) mass is 287 g/mol. The molecule has 120 valence electrons. The van der Waals surface area contributed by atoms with E-state index in [1.54, 1.807) is 7.05 Å². The van der Waals surface area contributed by atoms with Gasteiger partial charge < -0.3 is 14.8 Å². The van der Waals surface area contributed by atoms with Crippen LogP contribution >= 0.6 is 0 Å². The molecule has 4 nitrogen and oxygen atoms in total. The van der Waals surface area contributed by atoms with Crippen LogP contribution in [0.3, 0.4) is 0 Å². The summed E-state index contributed by atoms with van der Waals surface area (Å²) in [6.07, 6.45) is 2.87. The average molecular weight is 287 g/mol. The summed E-state index contributed by atoms with van der Waals surface area (Å²) in [7, 11) is 1.81. The molecule has 0 amide bonds. The molecule has 0 unspecified atom stereocenters. The Morgan fingerprint density at radius 1 is 1.25 bits per heavy atom. The molecule has 1 rings (SSSR count). The first-order valence-electron chi connectivity index (χ1n) is 7.61. The highest BCUT2D eigenvalue weighted by Crippen LogP contribution is 2.10. The van der Waals surface area contributed by atoms with E-state index >= 15 is 0 Å². The molecule has 0 atom stereocenters. The summed E-state index contributed by atoms with van der Waals surface area (Å²) in [6, 6.07) is 0. The van der Waals surface area contributed by atoms with Crippen LogP contribution in [0.2, 0.25) is 0 Å². The number of rotatable bonds is 4. The van der Waals surface area contributed by atoms with Crippen molar-refractivity contribution in [3.05, 3.63) is 0 Å². The SMILES string of the molecule is CC.CNC(C)(C)C(=O)C(C)C.O=CC1CCOCC1. The predicted octanol–water partition coefficient (Wildman–Crippen LogP) is 2.85. The van der Waals surface area contributed by atoms with Crippen LogP contribution in [-0.2, 0) is 14.3 Å². The lowest BCUT2D eigenvalue weighted by atomic mass is 9.91. The molecule has 20 heavy (non-hydrogen) atoms. The molecule has 1 fully saturated rings. The number of nitrogens with one attached hydrogen (secondary N) is 1. The fourth-order valence-corrected chi connectivity index (χ4v) is 1.70. The summed E-state index contributed by atoms with van der Waals surface area (Å²) in [6.45, 7) is 13.2. The first-order valence-corrected chi connectivity index (χ1v) is 7.61. The van der Waals surface area contributed by atoms with Gasteiger partial charge in [0, 0.05) is 25.0 Å². The van der Waals surface area contributed by atoms with Crippen molar-refractivity contribution in [3.63, 3.8) is 0 Å². The molecule has 1 N–H and O–H groups in total. The zero-order valence-electron chi connectivity index (χ0n) is 14.3. The van der Waals surface area contributed by atoms with Crippen LogP contribution in [0, 0.1) is 11.8 Å². The van der Waals surface area contributed by atoms with Crippen molar-refractivity contribution in [2.45, 2.75) is 59.9 Å². The standard InChI is InChI=1S/C8H17NO.C6H10O2.C2H6/c1-6(2)7(10)8(3,4)9-5;7-5-6-1-3-8-4-2-6;1-2/h6,9H,1-5H3;5-6H,1-4H2;1-2H3. The molecular formula is C16H33NO3. The Balaban J connectivity index is 0. The van der Waals surface area contributed by atoms with Crippen molar-refractivity contribution >= 4 is 12.1 Å². The molecule has 0 bridgehead atoms. The first kappa shape index (κ1) is 21.6. The Morgan fingerprint density at radius 3 is 1.90 bits per heavy atom. The van der Waals surface area contributed by atoms with E-state index < -0.39 is 0 Å². The van der Waals surface area contributed by atoms with Crippen LogP contribution < -0.4 is 5.32 Å². The van der Waals surface area contributed by atoms with E-state index in [1.807, 2.05) is 41.5 Å². The molecule has 4 heteroatoms. The number of carbonyl (C=O) groups is 2. The van der Waals surface area contributed by atoms with Gasteiger partial charge >= 0.3 is 0 Å². The normalized spacial score (nSPS) is 15.6. The largest absolute Gasteiger partial charge is 0.381 e. The number of likely N-dealkylation sites (N-methyl/N-ethyl adjacent to an activating group) is 1. The van der Waals surface area contributed by atoms with Gasteiger partial charge in [0.2, 0.25) is 0 Å². The van der Waals surface area contributed by atoms with E-state index in [1.165, 1.54) is 0 Å². The van der Waals surface area contributed by atoms with Gasteiger partial charge in [0.15, 0.2) is 5.78 Å². The second-order valence-electron chi connectivity index (χ2n) is 5.48. The molecule has 0 radical (unpaired) electrons. The maximum atomic E-state index is 11.3. The number of hydrogen-bond acceptors (Lipinski definition) is 4. The summed E-state index contributed by atoms with van der Waals surface area (Å²) in [5.74, 6) is 0.654. The highest BCUT2D eigenvalue weighted by Gasteiger charge is 2.26. The minimum absolute atomic E-state index is 0.113. The first-order chi connectivity index (χ1) is 9.35. The van der Waals surface area contributed by atoms with Gasteiger partial charge in [0.05, 0.1) is 5.54 Å². The van der Waals surface area contributed by atoms with E-state index in [0.717, 1.165) is 32.3 Å². The number of carbonyl (C=O) groups excluding carboxylic acids is 2. The average Bonchev–Trinajstić information content (AvgIpc) is 2.49. The van der Waals surface area contributed by atoms with E-state index in [4.69, 9.17) is 4.74 Å². The van der Waals surface area contributed by atoms with Gasteiger partial charge in [-0.1, -0.05) is 27.7 Å². The Morgan fingerprint density at radius 2 is 1.70 bits per heavy atom. The summed E-state index contributed by atoms with van der Waals surface area (Å²) < 4.78 is 5.04. The summed E-state index contributed by atoms with van der Waals surface area (Å²) >= 11 is 0. The zero-order chi connectivity index (χ0) is 16.2. The van der Waals surface area contributed by atoms with Gasteiger partial charge in [-0.15, -0.1) is 0 Å². The van der Waals surface area contributed by atoms with Crippen LogP contribution in [0.1, 0.15) is 54.4 Å². The molecule has 1 heterocycles. The number of aldehydes is 1. The van der Waals surface area contributed by atoms with Crippen molar-refractivity contribution in [3.8, 4) is 0 Å². The highest BCUT2D eigenvalue weighted by molar-refractivity contribution is 5.89. The third-order valence-corrected chi connectivity index (χ3v) is 3.22. The lowest BCUT2D eigenvalue weighted by molar-refractivity contribution is -0.127. The number of ether oxygens (including phenoxy) is 1. The van der Waals surface area contributed by atoms with E-state index in [-0.39, 0.29) is 23.2 Å². The minimum atomic E-state index is -0.367. The van der Waals surface area contributed by atoms with Crippen LogP contribution in [0.25, 0.3) is 0 Å². The second kappa shape index (κ2) is 12.0. The quantitative estimate of drug-likeness (QED) is 0.808. The Hall–Kier alpha value is -0.740. The summed E-state index contributed by atoms with van der Waals surface area (Å²) in [4.78, 5) is 21.4. The van der Waals surface area contributed by atoms with Crippen LogP contribution in [0.4, 0.5) is 0 Å². The Bertz CT molecular complexity index is 256. The maximum absolute atomic E-state index is 11.3. The van der Waals surface area contributed by atoms with E-state index in [0.29, 0.717) is 0 Å². The molecular weight excluding hydrogens is 254 g/mol. The van der Waals surface area contributed by atoms with Gasteiger partial charge in [-0.2, -0.15) is 0 Å². The zero-order valence-corrected chi connectivity index (χ0v) is 14.3. The van der Waals surface area contributed by atoms with Crippen molar-refractivity contribution in [1.29, 1.82) is 0 Å². The summed E-state index contributed by atoms with van der Waals surface area (Å²) in [5, 5.41) is 2.97. The number of ketones is 1. The van der Waals surface area contributed by atoms with E-state index in [2.05, 4.69) is 5.32 Å². The highest BCUT2D eigenvalue weighted by atomic mass is 16.5. The molecule has 0 aliphatic carbocycles. The third-order valence-electron chi connectivity index (χ3n) is 3.22. The summed E-state index contributed by atoms with van der Waals surface area (Å²) in [5.41, 5.74) is -0.367. The lowest BCUT2D eigenvalue weighted by Gasteiger charge is -2.24. The maximum Gasteiger partial charge on any atom is 0.154 e. The third kappa shape index (κ3) is 9.21. The van der Waals surface area contributed by atoms with Crippen molar-refractivity contribution in [2.75, 3.05) is 20.3 Å². The predicted molar refractivity (Wildman–Crippen MR) is 83.9 cm³/mol. The smallest absolute Gasteiger partial charge is 0.154 e. The van der Waals surface area contributed by atoms with Crippen LogP contribution in [0.15, 0.2) is 0 Å². The lowest BCUT2D eigenvalue weighted by Crippen LogP contribution is -2.46. The topological polar surface area (TPSA) is 55.4 Å². The molecule has 0 aromatic heterocycles. The van der Waals surface area contributed by atoms with Gasteiger partial charge in [0.1, 0.15) is 6.29 Å². The van der Waals surface area contributed by atoms with Crippen molar-refractivity contribution < 1.29 is 14.3 Å². The Labute approximate surface area is 124 Å². The van der Waals surface area contributed by atoms with Gasteiger partial charge in [-0.25, -0.2) is 0 Å². The van der Waals surface area contributed by atoms with E-state index in [9.17, 15) is 9.59 Å². The van der Waals surface area contributed by atoms with Crippen molar-refractivity contribution in [2.24, 2.45) is 11.8 Å². The molecule has 1 saturated heterocycles. The molecule has 0 aromatic rings. The molecule has 0 aromatic carbocycles. The van der Waals surface area contributed by atoms with Crippen LogP contribution in [-0.4, -0.2) is 37.9 Å².